The smallest absolute Gasteiger partial charge is 0.190 e. The van der Waals surface area contributed by atoms with Crippen molar-refractivity contribution in [2.75, 3.05) is 6.61 Å². The van der Waals surface area contributed by atoms with Gasteiger partial charge in [0.25, 0.3) is 0 Å². The number of hydrogen-bond donors (Lipinski definition) is 0. The monoisotopic (exact) mass is 188 g/mol. The van der Waals surface area contributed by atoms with Gasteiger partial charge in [-0.3, -0.25) is 0 Å². The Morgan fingerprint density at radius 3 is 2.00 bits per heavy atom. The molecule has 0 aliphatic rings. The van der Waals surface area contributed by atoms with Gasteiger partial charge in [-0.15, -0.1) is 0 Å². The molecule has 13 heavy (non-hydrogen) atoms. The third-order valence-corrected chi connectivity index (χ3v) is 1.21. The first-order valence-electron chi connectivity index (χ1n) is 4.32. The van der Waals surface area contributed by atoms with Crippen molar-refractivity contribution < 1.29 is 13.5 Å². The first-order chi connectivity index (χ1) is 6.25. The summed E-state index contributed by atoms with van der Waals surface area (Å²) < 4.78 is 30.1. The van der Waals surface area contributed by atoms with E-state index in [4.69, 9.17) is 4.74 Å². The maximum absolute atomic E-state index is 12.7. The Bertz CT molecular complexity index is 228. The van der Waals surface area contributed by atoms with Gasteiger partial charge in [0, 0.05) is 0 Å². The number of ether oxygens (including phenoxy) is 1. The second-order valence-corrected chi connectivity index (χ2v) is 1.98. The summed E-state index contributed by atoms with van der Waals surface area (Å²) in [6.45, 7) is 5.93. The van der Waals surface area contributed by atoms with Crippen LogP contribution < -0.4 is 4.74 Å². The predicted molar refractivity (Wildman–Crippen MR) is 48.9 cm³/mol. The highest BCUT2D eigenvalue weighted by Gasteiger charge is 2.07. The van der Waals surface area contributed by atoms with E-state index in [1.54, 1.807) is 6.92 Å². The molecular formula is C10H14F2O. The Kier molecular flexibility index (Phi) is 5.85. The van der Waals surface area contributed by atoms with Crippen molar-refractivity contribution in [1.82, 2.24) is 0 Å². The standard InChI is InChI=1S/C8H8F2O.C2H6/c1-2-11-8-6(9)4-3-5-7(8)10;1-2/h3-5H,2H2,1H3;1-2H3. The van der Waals surface area contributed by atoms with Crippen molar-refractivity contribution >= 4 is 0 Å². The second kappa shape index (κ2) is 6.40. The maximum atomic E-state index is 12.7. The van der Waals surface area contributed by atoms with E-state index >= 15 is 0 Å². The van der Waals surface area contributed by atoms with Gasteiger partial charge in [0.05, 0.1) is 6.61 Å². The summed E-state index contributed by atoms with van der Waals surface area (Å²) in [6.07, 6.45) is 0. The minimum absolute atomic E-state index is 0.262. The van der Waals surface area contributed by atoms with Crippen molar-refractivity contribution in [2.45, 2.75) is 20.8 Å². The SMILES string of the molecule is CC.CCOc1c(F)cccc1F. The molecule has 0 aliphatic heterocycles. The molecular weight excluding hydrogens is 174 g/mol. The lowest BCUT2D eigenvalue weighted by molar-refractivity contribution is 0.303. The van der Waals surface area contributed by atoms with Crippen molar-refractivity contribution in [3.05, 3.63) is 29.8 Å². The Balaban J connectivity index is 0.000000671. The van der Waals surface area contributed by atoms with Gasteiger partial charge in [-0.2, -0.15) is 0 Å². The van der Waals surface area contributed by atoms with Crippen LogP contribution in [0.15, 0.2) is 18.2 Å². The van der Waals surface area contributed by atoms with Crippen LogP contribution >= 0.6 is 0 Å². The lowest BCUT2D eigenvalue weighted by Gasteiger charge is -2.03. The first kappa shape index (κ1) is 11.9. The van der Waals surface area contributed by atoms with Crippen LogP contribution in [0.3, 0.4) is 0 Å². The summed E-state index contributed by atoms with van der Waals surface area (Å²) in [5.74, 6) is -1.62. The fourth-order valence-electron chi connectivity index (χ4n) is 0.765. The van der Waals surface area contributed by atoms with Crippen molar-refractivity contribution in [3.63, 3.8) is 0 Å². The number of benzene rings is 1. The minimum atomic E-state index is -0.660. The zero-order chi connectivity index (χ0) is 10.3. The molecule has 0 heterocycles. The van der Waals surface area contributed by atoms with Crippen LogP contribution in [0.4, 0.5) is 8.78 Å². The summed E-state index contributed by atoms with van der Waals surface area (Å²) in [4.78, 5) is 0. The van der Waals surface area contributed by atoms with Gasteiger partial charge in [-0.05, 0) is 19.1 Å². The van der Waals surface area contributed by atoms with Crippen molar-refractivity contribution in [1.29, 1.82) is 0 Å². The van der Waals surface area contributed by atoms with Gasteiger partial charge in [0.15, 0.2) is 17.4 Å². The molecule has 0 atom stereocenters. The Morgan fingerprint density at radius 2 is 1.62 bits per heavy atom. The normalized spacial score (nSPS) is 8.69. The van der Waals surface area contributed by atoms with Gasteiger partial charge >= 0.3 is 0 Å². The molecule has 0 unspecified atom stereocenters. The Labute approximate surface area is 77.3 Å². The molecule has 0 aromatic heterocycles. The molecule has 0 spiro atoms. The van der Waals surface area contributed by atoms with Crippen LogP contribution in [-0.4, -0.2) is 6.61 Å². The highest BCUT2D eigenvalue weighted by molar-refractivity contribution is 5.25. The van der Waals surface area contributed by atoms with Crippen molar-refractivity contribution in [3.8, 4) is 5.75 Å². The summed E-state index contributed by atoms with van der Waals surface area (Å²) in [6, 6.07) is 3.62. The van der Waals surface area contributed by atoms with Gasteiger partial charge < -0.3 is 4.74 Å². The Morgan fingerprint density at radius 1 is 1.15 bits per heavy atom. The highest BCUT2D eigenvalue weighted by atomic mass is 19.1. The van der Waals surface area contributed by atoms with Crippen LogP contribution in [0, 0.1) is 11.6 Å². The lowest BCUT2D eigenvalue weighted by Crippen LogP contribution is -1.96. The van der Waals surface area contributed by atoms with E-state index in [0.717, 1.165) is 12.1 Å². The minimum Gasteiger partial charge on any atom is -0.488 e. The molecule has 0 fully saturated rings. The summed E-state index contributed by atoms with van der Waals surface area (Å²) in [7, 11) is 0. The molecule has 1 nitrogen and oxygen atoms in total. The van der Waals surface area contributed by atoms with Crippen LogP contribution in [0.25, 0.3) is 0 Å². The highest BCUT2D eigenvalue weighted by Crippen LogP contribution is 2.20. The fourth-order valence-corrected chi connectivity index (χ4v) is 0.765. The molecule has 0 N–H and O–H groups in total. The average molecular weight is 188 g/mol. The number of para-hydroxylation sites is 1. The van der Waals surface area contributed by atoms with E-state index in [9.17, 15) is 8.78 Å². The molecule has 74 valence electrons. The lowest BCUT2D eigenvalue weighted by atomic mass is 10.3. The van der Waals surface area contributed by atoms with Crippen LogP contribution in [0.1, 0.15) is 20.8 Å². The zero-order valence-electron chi connectivity index (χ0n) is 8.10. The number of rotatable bonds is 2. The van der Waals surface area contributed by atoms with E-state index < -0.39 is 11.6 Å². The third-order valence-electron chi connectivity index (χ3n) is 1.21. The fraction of sp³-hybridized carbons (Fsp3) is 0.400. The molecule has 1 aromatic rings. The summed E-state index contributed by atoms with van der Waals surface area (Å²) in [5.41, 5.74) is 0. The van der Waals surface area contributed by atoms with Gasteiger partial charge in [0.2, 0.25) is 0 Å². The number of hydrogen-bond acceptors (Lipinski definition) is 1. The van der Waals surface area contributed by atoms with Gasteiger partial charge in [-0.25, -0.2) is 8.78 Å². The predicted octanol–water partition coefficient (Wildman–Crippen LogP) is 3.39. The maximum Gasteiger partial charge on any atom is 0.190 e. The third kappa shape index (κ3) is 3.40. The molecule has 1 aromatic carbocycles. The molecule has 0 saturated heterocycles. The quantitative estimate of drug-likeness (QED) is 0.691. The van der Waals surface area contributed by atoms with E-state index in [1.807, 2.05) is 13.8 Å². The topological polar surface area (TPSA) is 9.23 Å². The van der Waals surface area contributed by atoms with Gasteiger partial charge in [-0.1, -0.05) is 19.9 Å². The molecule has 0 saturated carbocycles. The van der Waals surface area contributed by atoms with Crippen LogP contribution in [0.2, 0.25) is 0 Å². The van der Waals surface area contributed by atoms with Gasteiger partial charge in [0.1, 0.15) is 0 Å². The van der Waals surface area contributed by atoms with E-state index in [2.05, 4.69) is 0 Å². The van der Waals surface area contributed by atoms with Crippen molar-refractivity contribution in [2.24, 2.45) is 0 Å². The average Bonchev–Trinajstić information content (AvgIpc) is 2.15. The zero-order valence-corrected chi connectivity index (χ0v) is 8.10. The molecule has 0 bridgehead atoms. The van der Waals surface area contributed by atoms with E-state index in [0.29, 0.717) is 0 Å². The molecule has 0 aliphatic carbocycles. The largest absolute Gasteiger partial charge is 0.488 e. The summed E-state index contributed by atoms with van der Waals surface area (Å²) >= 11 is 0. The van der Waals surface area contributed by atoms with Crippen LogP contribution in [0.5, 0.6) is 5.75 Å². The number of halogens is 2. The molecule has 3 heteroatoms. The van der Waals surface area contributed by atoms with E-state index in [1.165, 1.54) is 6.07 Å². The first-order valence-corrected chi connectivity index (χ1v) is 4.32. The molecule has 0 amide bonds. The molecule has 1 rings (SSSR count). The van der Waals surface area contributed by atoms with Crippen LogP contribution in [-0.2, 0) is 0 Å². The second-order valence-electron chi connectivity index (χ2n) is 1.98. The molecule has 0 radical (unpaired) electrons. The summed E-state index contributed by atoms with van der Waals surface area (Å²) in [5, 5.41) is 0. The Hall–Kier alpha value is -1.12. The van der Waals surface area contributed by atoms with E-state index in [-0.39, 0.29) is 12.4 Å².